The van der Waals surface area contributed by atoms with Crippen molar-refractivity contribution in [2.75, 3.05) is 11.9 Å². The van der Waals surface area contributed by atoms with Gasteiger partial charge in [-0.25, -0.2) is 0 Å². The van der Waals surface area contributed by atoms with E-state index in [4.69, 9.17) is 32.0 Å². The van der Waals surface area contributed by atoms with E-state index in [-0.39, 0.29) is 0 Å². The molecule has 0 aliphatic rings. The molecule has 5 rings (SSSR count). The van der Waals surface area contributed by atoms with Crippen molar-refractivity contribution >= 4 is 28.9 Å². The number of hydrogen-bond donors (Lipinski definition) is 2. The Balaban J connectivity index is 1.05. The predicted molar refractivity (Wildman–Crippen MR) is 147 cm³/mol. The standard InChI is InChI=1S/C30H26Cl2N2O2/c31-24-7-3-22(4-8-24)29-15-13-27(35-29)19-33-18-17-21-1-11-26(12-2-21)34-20-28-14-16-30(36-28)23-5-9-25(32)10-6-23/h1-16,33-34H,17-20H2. The van der Waals surface area contributed by atoms with Gasteiger partial charge in [-0.1, -0.05) is 35.3 Å². The molecule has 0 aliphatic carbocycles. The molecule has 2 aromatic heterocycles. The summed E-state index contributed by atoms with van der Waals surface area (Å²) in [7, 11) is 0. The molecule has 0 unspecified atom stereocenters. The van der Waals surface area contributed by atoms with Crippen molar-refractivity contribution in [2.45, 2.75) is 19.5 Å². The Labute approximate surface area is 220 Å². The van der Waals surface area contributed by atoms with Crippen LogP contribution in [0.1, 0.15) is 17.1 Å². The maximum atomic E-state index is 5.97. The average molecular weight is 517 g/mol. The summed E-state index contributed by atoms with van der Waals surface area (Å²) < 4.78 is 11.9. The van der Waals surface area contributed by atoms with E-state index in [0.29, 0.717) is 18.1 Å². The van der Waals surface area contributed by atoms with Crippen LogP contribution >= 0.6 is 23.2 Å². The number of nitrogens with one attached hydrogen (secondary N) is 2. The van der Waals surface area contributed by atoms with Crippen molar-refractivity contribution in [1.29, 1.82) is 0 Å². The fourth-order valence-corrected chi connectivity index (χ4v) is 4.16. The second-order valence-electron chi connectivity index (χ2n) is 8.52. The Morgan fingerprint density at radius 3 is 1.64 bits per heavy atom. The highest BCUT2D eigenvalue weighted by molar-refractivity contribution is 6.30. The van der Waals surface area contributed by atoms with Crippen LogP contribution in [-0.2, 0) is 19.5 Å². The van der Waals surface area contributed by atoms with Crippen molar-refractivity contribution in [3.8, 4) is 22.6 Å². The summed E-state index contributed by atoms with van der Waals surface area (Å²) in [6, 6.07) is 31.8. The molecule has 4 nitrogen and oxygen atoms in total. The maximum absolute atomic E-state index is 5.97. The summed E-state index contributed by atoms with van der Waals surface area (Å²) >= 11 is 11.9. The maximum Gasteiger partial charge on any atom is 0.134 e. The zero-order valence-corrected chi connectivity index (χ0v) is 21.2. The number of halogens is 2. The monoisotopic (exact) mass is 516 g/mol. The van der Waals surface area contributed by atoms with Crippen molar-refractivity contribution < 1.29 is 8.83 Å². The van der Waals surface area contributed by atoms with Gasteiger partial charge in [0.15, 0.2) is 0 Å². The molecule has 0 fully saturated rings. The third-order valence-corrected chi connectivity index (χ3v) is 6.40. The van der Waals surface area contributed by atoms with Gasteiger partial charge in [0.2, 0.25) is 0 Å². The summed E-state index contributed by atoms with van der Waals surface area (Å²) in [5.41, 5.74) is 4.37. The number of furan rings is 2. The van der Waals surface area contributed by atoms with Crippen LogP contribution in [0.3, 0.4) is 0 Å². The zero-order chi connectivity index (χ0) is 24.7. The first-order chi connectivity index (χ1) is 17.6. The lowest BCUT2D eigenvalue weighted by molar-refractivity contribution is 0.495. The number of rotatable bonds is 10. The zero-order valence-electron chi connectivity index (χ0n) is 19.6. The molecule has 0 spiro atoms. The molecule has 182 valence electrons. The Kier molecular flexibility index (Phi) is 7.77. The van der Waals surface area contributed by atoms with Gasteiger partial charge in [0.1, 0.15) is 23.0 Å². The predicted octanol–water partition coefficient (Wildman–Crippen LogP) is 8.46. The molecule has 0 saturated heterocycles. The highest BCUT2D eigenvalue weighted by Gasteiger charge is 2.06. The first-order valence-corrected chi connectivity index (χ1v) is 12.6. The van der Waals surface area contributed by atoms with Gasteiger partial charge in [-0.15, -0.1) is 0 Å². The topological polar surface area (TPSA) is 50.3 Å². The molecule has 0 bridgehead atoms. The van der Waals surface area contributed by atoms with Crippen molar-refractivity contribution in [3.63, 3.8) is 0 Å². The minimum Gasteiger partial charge on any atom is -0.460 e. The lowest BCUT2D eigenvalue weighted by atomic mass is 10.1. The molecule has 36 heavy (non-hydrogen) atoms. The molecule has 6 heteroatoms. The molecule has 0 saturated carbocycles. The lowest BCUT2D eigenvalue weighted by Gasteiger charge is -2.07. The Morgan fingerprint density at radius 2 is 1.08 bits per heavy atom. The molecule has 0 radical (unpaired) electrons. The van der Waals surface area contributed by atoms with Gasteiger partial charge in [0, 0.05) is 26.9 Å². The van der Waals surface area contributed by atoms with E-state index in [9.17, 15) is 0 Å². The molecule has 3 aromatic carbocycles. The van der Waals surface area contributed by atoms with Crippen LogP contribution in [0.2, 0.25) is 10.0 Å². The van der Waals surface area contributed by atoms with Gasteiger partial charge in [0.05, 0.1) is 13.1 Å². The van der Waals surface area contributed by atoms with Crippen LogP contribution < -0.4 is 10.6 Å². The molecular formula is C30H26Cl2N2O2. The fraction of sp³-hybridized carbons (Fsp3) is 0.133. The van der Waals surface area contributed by atoms with Gasteiger partial charge < -0.3 is 19.5 Å². The minimum absolute atomic E-state index is 0.621. The molecular weight excluding hydrogens is 491 g/mol. The van der Waals surface area contributed by atoms with E-state index in [0.717, 1.165) is 57.8 Å². The average Bonchev–Trinajstić information content (AvgIpc) is 3.57. The molecule has 0 atom stereocenters. The van der Waals surface area contributed by atoms with Crippen LogP contribution in [0, 0.1) is 0 Å². The third-order valence-electron chi connectivity index (χ3n) is 5.89. The van der Waals surface area contributed by atoms with Crippen LogP contribution in [0.25, 0.3) is 22.6 Å². The summed E-state index contributed by atoms with van der Waals surface area (Å²) in [4.78, 5) is 0. The first kappa shape index (κ1) is 24.3. The molecule has 2 heterocycles. The van der Waals surface area contributed by atoms with Crippen LogP contribution in [-0.4, -0.2) is 6.54 Å². The van der Waals surface area contributed by atoms with Crippen LogP contribution in [0.15, 0.2) is 106 Å². The summed E-state index contributed by atoms with van der Waals surface area (Å²) in [5, 5.41) is 8.31. The Hall–Kier alpha value is -3.44. The number of benzene rings is 3. The van der Waals surface area contributed by atoms with Crippen molar-refractivity contribution in [1.82, 2.24) is 5.32 Å². The van der Waals surface area contributed by atoms with Crippen molar-refractivity contribution in [3.05, 3.63) is 124 Å². The van der Waals surface area contributed by atoms with E-state index in [1.165, 1.54) is 5.56 Å². The SMILES string of the molecule is Clc1ccc(-c2ccc(CNCCc3ccc(NCc4ccc(-c5ccc(Cl)cc5)o4)cc3)o2)cc1. The fourth-order valence-electron chi connectivity index (χ4n) is 3.91. The first-order valence-electron chi connectivity index (χ1n) is 11.9. The normalized spacial score (nSPS) is 11.1. The van der Waals surface area contributed by atoms with E-state index in [1.807, 2.05) is 72.8 Å². The number of hydrogen-bond acceptors (Lipinski definition) is 4. The lowest BCUT2D eigenvalue weighted by Crippen LogP contribution is -2.16. The van der Waals surface area contributed by atoms with Crippen LogP contribution in [0.4, 0.5) is 5.69 Å². The molecule has 2 N–H and O–H groups in total. The molecule has 0 aliphatic heterocycles. The van der Waals surface area contributed by atoms with E-state index >= 15 is 0 Å². The highest BCUT2D eigenvalue weighted by Crippen LogP contribution is 2.25. The second-order valence-corrected chi connectivity index (χ2v) is 9.40. The molecule has 0 amide bonds. The summed E-state index contributed by atoms with van der Waals surface area (Å²) in [6.07, 6.45) is 0.938. The summed E-state index contributed by atoms with van der Waals surface area (Å²) in [6.45, 7) is 2.17. The van der Waals surface area contributed by atoms with Crippen molar-refractivity contribution in [2.24, 2.45) is 0 Å². The van der Waals surface area contributed by atoms with Crippen LogP contribution in [0.5, 0.6) is 0 Å². The van der Waals surface area contributed by atoms with E-state index in [1.54, 1.807) is 0 Å². The Bertz CT molecular complexity index is 1390. The minimum atomic E-state index is 0.621. The Morgan fingerprint density at radius 1 is 0.556 bits per heavy atom. The number of anilines is 1. The summed E-state index contributed by atoms with van der Waals surface area (Å²) in [5.74, 6) is 3.48. The third kappa shape index (κ3) is 6.41. The largest absolute Gasteiger partial charge is 0.460 e. The van der Waals surface area contributed by atoms with Gasteiger partial charge in [-0.3, -0.25) is 0 Å². The van der Waals surface area contributed by atoms with E-state index in [2.05, 4.69) is 34.9 Å². The molecule has 5 aromatic rings. The van der Waals surface area contributed by atoms with Gasteiger partial charge in [0.25, 0.3) is 0 Å². The quantitative estimate of drug-likeness (QED) is 0.183. The second kappa shape index (κ2) is 11.5. The highest BCUT2D eigenvalue weighted by atomic mass is 35.5. The van der Waals surface area contributed by atoms with Gasteiger partial charge in [-0.05, 0) is 103 Å². The van der Waals surface area contributed by atoms with Gasteiger partial charge >= 0.3 is 0 Å². The van der Waals surface area contributed by atoms with Gasteiger partial charge in [-0.2, -0.15) is 0 Å². The van der Waals surface area contributed by atoms with E-state index < -0.39 is 0 Å². The smallest absolute Gasteiger partial charge is 0.134 e.